The second kappa shape index (κ2) is 8.09. The number of ether oxygens (including phenoxy) is 1. The first-order chi connectivity index (χ1) is 15.5. The summed E-state index contributed by atoms with van der Waals surface area (Å²) in [5.74, 6) is -0.752. The van der Waals surface area contributed by atoms with Crippen LogP contribution in [0, 0.1) is 5.92 Å². The summed E-state index contributed by atoms with van der Waals surface area (Å²) in [5, 5.41) is 13.2. The van der Waals surface area contributed by atoms with Gasteiger partial charge in [-0.15, -0.1) is 0 Å². The van der Waals surface area contributed by atoms with Crippen LogP contribution in [0.15, 0.2) is 41.6 Å². The molecule has 1 aliphatic heterocycles. The lowest BCUT2D eigenvalue weighted by atomic mass is 9.85. The van der Waals surface area contributed by atoms with Crippen LogP contribution in [0.5, 0.6) is 5.75 Å². The summed E-state index contributed by atoms with van der Waals surface area (Å²) in [6.45, 7) is 2.81. The molecule has 1 aliphatic rings. The van der Waals surface area contributed by atoms with Crippen molar-refractivity contribution in [2.24, 2.45) is 5.92 Å². The third-order valence-corrected chi connectivity index (χ3v) is 5.85. The highest BCUT2D eigenvalue weighted by molar-refractivity contribution is 5.88. The summed E-state index contributed by atoms with van der Waals surface area (Å²) in [6, 6.07) is 4.78. The van der Waals surface area contributed by atoms with E-state index in [1.807, 2.05) is 24.5 Å². The van der Waals surface area contributed by atoms with Crippen molar-refractivity contribution in [2.45, 2.75) is 39.0 Å². The van der Waals surface area contributed by atoms with Gasteiger partial charge in [0, 0.05) is 41.2 Å². The van der Waals surface area contributed by atoms with Gasteiger partial charge in [-0.25, -0.2) is 4.79 Å². The van der Waals surface area contributed by atoms with Gasteiger partial charge >= 0.3 is 12.1 Å². The topological polar surface area (TPSA) is 86.3 Å². The fraction of sp³-hybridized carbons (Fsp3) is 0.348. The van der Waals surface area contributed by atoms with Gasteiger partial charge < -0.3 is 14.4 Å². The smallest absolute Gasteiger partial charge is 0.408 e. The van der Waals surface area contributed by atoms with Gasteiger partial charge in [-0.3, -0.25) is 9.48 Å². The van der Waals surface area contributed by atoms with Crippen molar-refractivity contribution in [2.75, 3.05) is 7.11 Å². The SMILES string of the molecule is COc1cc2c(cc1-c1cnn(CC(F)(F)F)c1)CC(C(C)C)n1cc(C(=O)O)c(=O)cc1-2. The van der Waals surface area contributed by atoms with E-state index < -0.39 is 24.1 Å². The van der Waals surface area contributed by atoms with Crippen molar-refractivity contribution in [1.29, 1.82) is 0 Å². The Labute approximate surface area is 187 Å². The van der Waals surface area contributed by atoms with Gasteiger partial charge in [0.15, 0.2) is 5.43 Å². The number of aromatic carboxylic acids is 1. The summed E-state index contributed by atoms with van der Waals surface area (Å²) < 4.78 is 46.4. The molecule has 0 bridgehead atoms. The Morgan fingerprint density at radius 1 is 1.24 bits per heavy atom. The minimum atomic E-state index is -4.39. The monoisotopic (exact) mass is 461 g/mol. The number of rotatable bonds is 5. The van der Waals surface area contributed by atoms with Crippen molar-refractivity contribution >= 4 is 5.97 Å². The quantitative estimate of drug-likeness (QED) is 0.609. The van der Waals surface area contributed by atoms with E-state index in [2.05, 4.69) is 5.10 Å². The van der Waals surface area contributed by atoms with E-state index in [4.69, 9.17) is 4.74 Å². The normalized spacial score (nSPS) is 15.3. The van der Waals surface area contributed by atoms with E-state index >= 15 is 0 Å². The Kier molecular flexibility index (Phi) is 5.55. The van der Waals surface area contributed by atoms with Gasteiger partial charge in [0.1, 0.15) is 17.9 Å². The number of halogens is 3. The third kappa shape index (κ3) is 4.24. The summed E-state index contributed by atoms with van der Waals surface area (Å²) in [6.07, 6.45) is 0.221. The maximum Gasteiger partial charge on any atom is 0.408 e. The number of methoxy groups -OCH3 is 1. The van der Waals surface area contributed by atoms with Crippen LogP contribution in [-0.2, 0) is 13.0 Å². The van der Waals surface area contributed by atoms with Crippen LogP contribution < -0.4 is 10.2 Å². The molecule has 10 heteroatoms. The first-order valence-electron chi connectivity index (χ1n) is 10.3. The summed E-state index contributed by atoms with van der Waals surface area (Å²) in [5.41, 5.74) is 2.34. The molecule has 0 saturated heterocycles. The number of nitrogens with zero attached hydrogens (tertiary/aromatic N) is 3. The number of pyridine rings is 1. The Hall–Kier alpha value is -3.56. The first-order valence-corrected chi connectivity index (χ1v) is 10.3. The largest absolute Gasteiger partial charge is 0.496 e. The van der Waals surface area contributed by atoms with E-state index in [0.717, 1.165) is 10.2 Å². The fourth-order valence-corrected chi connectivity index (χ4v) is 4.28. The van der Waals surface area contributed by atoms with Gasteiger partial charge in [-0.2, -0.15) is 18.3 Å². The molecule has 1 N–H and O–H groups in total. The number of fused-ring (bicyclic) bond motifs is 3. The molecule has 1 aromatic carbocycles. The highest BCUT2D eigenvalue weighted by Gasteiger charge is 2.30. The number of aromatic nitrogens is 3. The van der Waals surface area contributed by atoms with Crippen LogP contribution in [0.2, 0.25) is 0 Å². The summed E-state index contributed by atoms with van der Waals surface area (Å²) in [4.78, 5) is 24.0. The number of benzene rings is 1. The van der Waals surface area contributed by atoms with Gasteiger partial charge in [0.2, 0.25) is 0 Å². The number of hydrogen-bond acceptors (Lipinski definition) is 4. The fourth-order valence-electron chi connectivity index (χ4n) is 4.28. The Balaban J connectivity index is 1.87. The Morgan fingerprint density at radius 3 is 2.58 bits per heavy atom. The second-order valence-corrected chi connectivity index (χ2v) is 8.42. The van der Waals surface area contributed by atoms with Crippen LogP contribution in [-0.4, -0.2) is 38.7 Å². The zero-order valence-corrected chi connectivity index (χ0v) is 18.2. The molecule has 0 radical (unpaired) electrons. The minimum absolute atomic E-state index is 0.111. The molecule has 0 saturated carbocycles. The average Bonchev–Trinajstić information content (AvgIpc) is 3.17. The van der Waals surface area contributed by atoms with Crippen LogP contribution in [0.25, 0.3) is 22.4 Å². The van der Waals surface area contributed by atoms with E-state index in [0.29, 0.717) is 34.6 Å². The maximum atomic E-state index is 12.7. The number of carboxylic acid groups (broad SMARTS) is 1. The second-order valence-electron chi connectivity index (χ2n) is 8.42. The summed E-state index contributed by atoms with van der Waals surface area (Å²) >= 11 is 0. The molecule has 0 spiro atoms. The highest BCUT2D eigenvalue weighted by Crippen LogP contribution is 2.43. The number of carbonyl (C=O) groups is 1. The molecule has 0 amide bonds. The molecule has 33 heavy (non-hydrogen) atoms. The van der Waals surface area contributed by atoms with Crippen LogP contribution >= 0.6 is 0 Å². The standard InChI is InChI=1S/C23H22F3N3O4/c1-12(2)18-5-13-4-16(14-8-27-28(9-14)11-23(24,25)26)21(33-3)6-15(13)19-7-20(30)17(22(31)32)10-29(18)19/h4,6-10,12,18H,5,11H2,1-3H3,(H,31,32). The molecule has 2 aromatic heterocycles. The van der Waals surface area contributed by atoms with E-state index in [1.54, 1.807) is 6.07 Å². The van der Waals surface area contributed by atoms with Gasteiger partial charge in [-0.1, -0.05) is 13.8 Å². The lowest BCUT2D eigenvalue weighted by molar-refractivity contribution is -0.142. The number of carboxylic acids is 1. The molecular weight excluding hydrogens is 439 g/mol. The Bertz CT molecular complexity index is 1290. The van der Waals surface area contributed by atoms with Crippen LogP contribution in [0.4, 0.5) is 13.2 Å². The molecular formula is C23H22F3N3O4. The summed E-state index contributed by atoms with van der Waals surface area (Å²) in [7, 11) is 1.45. The molecule has 4 rings (SSSR count). The first kappa shape index (κ1) is 22.6. The van der Waals surface area contributed by atoms with E-state index in [-0.39, 0.29) is 17.5 Å². The maximum absolute atomic E-state index is 12.7. The van der Waals surface area contributed by atoms with Crippen molar-refractivity contribution < 1.29 is 27.8 Å². The molecule has 7 nitrogen and oxygen atoms in total. The predicted molar refractivity (Wildman–Crippen MR) is 115 cm³/mol. The molecule has 0 fully saturated rings. The number of hydrogen-bond donors (Lipinski definition) is 1. The lowest BCUT2D eigenvalue weighted by Gasteiger charge is -2.34. The van der Waals surface area contributed by atoms with E-state index in [1.165, 1.54) is 31.8 Å². The number of alkyl halides is 3. The van der Waals surface area contributed by atoms with Gasteiger partial charge in [-0.05, 0) is 30.0 Å². The van der Waals surface area contributed by atoms with Crippen LogP contribution in [0.1, 0.15) is 35.8 Å². The molecule has 1 atom stereocenters. The predicted octanol–water partition coefficient (Wildman–Crippen LogP) is 4.40. The van der Waals surface area contributed by atoms with Crippen molar-refractivity contribution in [3.8, 4) is 28.1 Å². The molecule has 3 aromatic rings. The zero-order chi connectivity index (χ0) is 24.1. The Morgan fingerprint density at radius 2 is 1.97 bits per heavy atom. The van der Waals surface area contributed by atoms with E-state index in [9.17, 15) is 27.9 Å². The van der Waals surface area contributed by atoms with Gasteiger partial charge in [0.05, 0.1) is 19.0 Å². The lowest BCUT2D eigenvalue weighted by Crippen LogP contribution is -2.28. The molecule has 174 valence electrons. The molecule has 0 aliphatic carbocycles. The molecule has 1 unspecified atom stereocenters. The molecule has 3 heterocycles. The van der Waals surface area contributed by atoms with Crippen LogP contribution in [0.3, 0.4) is 0 Å². The van der Waals surface area contributed by atoms with Crippen molar-refractivity contribution in [3.63, 3.8) is 0 Å². The highest BCUT2D eigenvalue weighted by atomic mass is 19.4. The zero-order valence-electron chi connectivity index (χ0n) is 18.2. The van der Waals surface area contributed by atoms with Crippen molar-refractivity contribution in [3.05, 3.63) is 58.1 Å². The average molecular weight is 461 g/mol. The minimum Gasteiger partial charge on any atom is -0.496 e. The van der Waals surface area contributed by atoms with Gasteiger partial charge in [0.25, 0.3) is 0 Å². The van der Waals surface area contributed by atoms with Crippen molar-refractivity contribution in [1.82, 2.24) is 14.3 Å². The third-order valence-electron chi connectivity index (χ3n) is 5.85.